The first kappa shape index (κ1) is 25.9. The summed E-state index contributed by atoms with van der Waals surface area (Å²) in [6.45, 7) is 7.14. The summed E-state index contributed by atoms with van der Waals surface area (Å²) < 4.78 is 41.0. The molecule has 0 aliphatic heterocycles. The molecule has 0 fully saturated rings. The predicted molar refractivity (Wildman–Crippen MR) is 135 cm³/mol. The molecule has 0 saturated heterocycles. The molecule has 2 amide bonds. The molecule has 0 heterocycles. The van der Waals surface area contributed by atoms with Crippen LogP contribution >= 0.6 is 0 Å². The molecule has 0 bridgehead atoms. The standard InChI is InChI=1S/C26H28FN3O4S/c1-16-12-18(3)25(19(4)13-16)28-24(31)15-30(5)26(32)20-6-8-21(9-7-20)29-35(33,34)22-10-11-23(27)17(2)14-22/h6-14,29H,15H2,1-5H3,(H,28,31). The number of aryl methyl sites for hydroxylation is 4. The molecule has 184 valence electrons. The van der Waals surface area contributed by atoms with E-state index in [-0.39, 0.29) is 34.5 Å². The van der Waals surface area contributed by atoms with Crippen molar-refractivity contribution in [3.63, 3.8) is 0 Å². The summed E-state index contributed by atoms with van der Waals surface area (Å²) in [7, 11) is -2.40. The van der Waals surface area contributed by atoms with Crippen molar-refractivity contribution < 1.29 is 22.4 Å². The van der Waals surface area contributed by atoms with Crippen LogP contribution in [0.3, 0.4) is 0 Å². The number of nitrogens with one attached hydrogen (secondary N) is 2. The normalized spacial score (nSPS) is 11.1. The average Bonchev–Trinajstić information content (AvgIpc) is 2.77. The van der Waals surface area contributed by atoms with Gasteiger partial charge >= 0.3 is 0 Å². The molecular weight excluding hydrogens is 469 g/mol. The zero-order valence-electron chi connectivity index (χ0n) is 20.3. The van der Waals surface area contributed by atoms with Crippen LogP contribution in [0, 0.1) is 33.5 Å². The molecule has 2 N–H and O–H groups in total. The summed E-state index contributed by atoms with van der Waals surface area (Å²) in [6, 6.07) is 13.3. The molecule has 0 aliphatic rings. The minimum absolute atomic E-state index is 0.0682. The number of anilines is 2. The summed E-state index contributed by atoms with van der Waals surface area (Å²) in [5.41, 5.74) is 4.47. The molecule has 3 rings (SSSR count). The van der Waals surface area contributed by atoms with Gasteiger partial charge in [0.05, 0.1) is 11.4 Å². The number of carbonyl (C=O) groups excluding carboxylic acids is 2. The molecule has 0 aliphatic carbocycles. The fourth-order valence-electron chi connectivity index (χ4n) is 3.74. The van der Waals surface area contributed by atoms with Crippen molar-refractivity contribution in [3.05, 3.63) is 88.2 Å². The Morgan fingerprint density at radius 1 is 0.886 bits per heavy atom. The summed E-state index contributed by atoms with van der Waals surface area (Å²) in [6.07, 6.45) is 0. The Bertz CT molecular complexity index is 1360. The SMILES string of the molecule is Cc1cc(C)c(NC(=O)CN(C)C(=O)c2ccc(NS(=O)(=O)c3ccc(F)c(C)c3)cc2)c(C)c1. The van der Waals surface area contributed by atoms with Crippen molar-refractivity contribution >= 4 is 33.2 Å². The Balaban J connectivity index is 1.65. The first-order chi connectivity index (χ1) is 16.4. The zero-order chi connectivity index (χ0) is 25.9. The highest BCUT2D eigenvalue weighted by molar-refractivity contribution is 7.92. The van der Waals surface area contributed by atoms with Crippen molar-refractivity contribution in [1.82, 2.24) is 4.90 Å². The number of nitrogens with zero attached hydrogens (tertiary/aromatic N) is 1. The molecule has 3 aromatic rings. The van der Waals surface area contributed by atoms with Crippen molar-refractivity contribution in [3.8, 4) is 0 Å². The van der Waals surface area contributed by atoms with Crippen LogP contribution in [-0.4, -0.2) is 38.7 Å². The van der Waals surface area contributed by atoms with Crippen molar-refractivity contribution in [2.24, 2.45) is 0 Å². The number of rotatable bonds is 7. The quantitative estimate of drug-likeness (QED) is 0.500. The first-order valence-corrected chi connectivity index (χ1v) is 12.4. The van der Waals surface area contributed by atoms with Gasteiger partial charge in [-0.25, -0.2) is 12.8 Å². The number of amides is 2. The van der Waals surface area contributed by atoms with E-state index in [1.165, 1.54) is 55.3 Å². The third-order valence-electron chi connectivity index (χ3n) is 5.49. The second-order valence-electron chi connectivity index (χ2n) is 8.58. The molecule has 0 radical (unpaired) electrons. The minimum Gasteiger partial charge on any atom is -0.332 e. The van der Waals surface area contributed by atoms with E-state index in [9.17, 15) is 22.4 Å². The minimum atomic E-state index is -3.92. The lowest BCUT2D eigenvalue weighted by Crippen LogP contribution is -2.35. The van der Waals surface area contributed by atoms with Gasteiger partial charge in [0, 0.05) is 24.0 Å². The van der Waals surface area contributed by atoms with Gasteiger partial charge in [-0.2, -0.15) is 0 Å². The largest absolute Gasteiger partial charge is 0.332 e. The molecular formula is C26H28FN3O4S. The summed E-state index contributed by atoms with van der Waals surface area (Å²) in [5, 5.41) is 2.87. The van der Waals surface area contributed by atoms with Crippen molar-refractivity contribution in [1.29, 1.82) is 0 Å². The van der Waals surface area contributed by atoms with E-state index < -0.39 is 15.8 Å². The highest BCUT2D eigenvalue weighted by Gasteiger charge is 2.18. The zero-order valence-corrected chi connectivity index (χ0v) is 21.1. The van der Waals surface area contributed by atoms with Gasteiger partial charge in [0.2, 0.25) is 5.91 Å². The molecule has 0 aromatic heterocycles. The lowest BCUT2D eigenvalue weighted by atomic mass is 10.1. The van der Waals surface area contributed by atoms with Gasteiger partial charge in [0.1, 0.15) is 5.82 Å². The molecule has 7 nitrogen and oxygen atoms in total. The number of sulfonamides is 1. The van der Waals surface area contributed by atoms with E-state index in [0.717, 1.165) is 28.4 Å². The van der Waals surface area contributed by atoms with Gasteiger partial charge in [-0.1, -0.05) is 17.7 Å². The third kappa shape index (κ3) is 6.24. The Labute approximate surface area is 205 Å². The third-order valence-corrected chi connectivity index (χ3v) is 6.87. The number of benzene rings is 3. The number of hydrogen-bond acceptors (Lipinski definition) is 4. The molecule has 0 unspecified atom stereocenters. The fourth-order valence-corrected chi connectivity index (χ4v) is 4.89. The lowest BCUT2D eigenvalue weighted by Gasteiger charge is -2.19. The Hall–Kier alpha value is -3.72. The van der Waals surface area contributed by atoms with Crippen LogP contribution in [0.1, 0.15) is 32.6 Å². The van der Waals surface area contributed by atoms with Crippen molar-refractivity contribution in [2.45, 2.75) is 32.6 Å². The number of halogens is 1. The summed E-state index contributed by atoms with van der Waals surface area (Å²) in [5.74, 6) is -1.20. The van der Waals surface area contributed by atoms with Gasteiger partial charge in [0.15, 0.2) is 0 Å². The topological polar surface area (TPSA) is 95.6 Å². The van der Waals surface area contributed by atoms with Crippen LogP contribution in [0.15, 0.2) is 59.5 Å². The summed E-state index contributed by atoms with van der Waals surface area (Å²) in [4.78, 5) is 26.5. The Morgan fingerprint density at radius 2 is 1.49 bits per heavy atom. The fraction of sp³-hybridized carbons (Fsp3) is 0.231. The van der Waals surface area contributed by atoms with E-state index >= 15 is 0 Å². The van der Waals surface area contributed by atoms with Gasteiger partial charge in [-0.05, 0) is 86.8 Å². The van der Waals surface area contributed by atoms with E-state index in [1.807, 2.05) is 32.9 Å². The molecule has 35 heavy (non-hydrogen) atoms. The first-order valence-electron chi connectivity index (χ1n) is 10.9. The van der Waals surface area contributed by atoms with Crippen LogP contribution in [0.4, 0.5) is 15.8 Å². The van der Waals surface area contributed by atoms with Crippen LogP contribution in [-0.2, 0) is 14.8 Å². The van der Waals surface area contributed by atoms with E-state index in [4.69, 9.17) is 0 Å². The van der Waals surface area contributed by atoms with Gasteiger partial charge < -0.3 is 10.2 Å². The van der Waals surface area contributed by atoms with E-state index in [1.54, 1.807) is 0 Å². The summed E-state index contributed by atoms with van der Waals surface area (Å²) >= 11 is 0. The van der Waals surface area contributed by atoms with Crippen LogP contribution in [0.25, 0.3) is 0 Å². The highest BCUT2D eigenvalue weighted by atomic mass is 32.2. The molecule has 0 saturated carbocycles. The average molecular weight is 498 g/mol. The van der Waals surface area contributed by atoms with Gasteiger partial charge in [-0.15, -0.1) is 0 Å². The van der Waals surface area contributed by atoms with Gasteiger partial charge in [0.25, 0.3) is 15.9 Å². The monoisotopic (exact) mass is 497 g/mol. The Kier molecular flexibility index (Phi) is 7.60. The number of carbonyl (C=O) groups is 2. The molecule has 0 spiro atoms. The second-order valence-corrected chi connectivity index (χ2v) is 10.3. The van der Waals surface area contributed by atoms with Crippen LogP contribution in [0.5, 0.6) is 0 Å². The predicted octanol–water partition coefficient (Wildman–Crippen LogP) is 4.57. The van der Waals surface area contributed by atoms with Crippen molar-refractivity contribution in [2.75, 3.05) is 23.6 Å². The molecule has 3 aromatic carbocycles. The van der Waals surface area contributed by atoms with E-state index in [2.05, 4.69) is 10.0 Å². The highest BCUT2D eigenvalue weighted by Crippen LogP contribution is 2.22. The maximum absolute atomic E-state index is 13.5. The number of likely N-dealkylation sites (N-methyl/N-ethyl adjacent to an activating group) is 1. The molecule has 0 atom stereocenters. The molecule has 9 heteroatoms. The van der Waals surface area contributed by atoms with Gasteiger partial charge in [-0.3, -0.25) is 14.3 Å². The number of hydrogen-bond donors (Lipinski definition) is 2. The second kappa shape index (κ2) is 10.3. The maximum Gasteiger partial charge on any atom is 0.261 e. The Morgan fingerprint density at radius 3 is 2.06 bits per heavy atom. The van der Waals surface area contributed by atoms with Crippen LogP contribution < -0.4 is 10.0 Å². The smallest absolute Gasteiger partial charge is 0.261 e. The van der Waals surface area contributed by atoms with Crippen LogP contribution in [0.2, 0.25) is 0 Å². The lowest BCUT2D eigenvalue weighted by molar-refractivity contribution is -0.116. The maximum atomic E-state index is 13.5. The van der Waals surface area contributed by atoms with E-state index in [0.29, 0.717) is 5.56 Å².